The predicted molar refractivity (Wildman–Crippen MR) is 75.5 cm³/mol. The number of unbranched alkanes of at least 4 members (excludes halogenated alkanes) is 2. The molecule has 3 heteroatoms. The molecule has 1 unspecified atom stereocenters. The Bertz CT molecular complexity index is 600. The van der Waals surface area contributed by atoms with E-state index in [0.717, 1.165) is 29.9 Å². The number of nitrogens with zero attached hydrogens (tertiary/aromatic N) is 2. The highest BCUT2D eigenvalue weighted by molar-refractivity contribution is 5.97. The summed E-state index contributed by atoms with van der Waals surface area (Å²) >= 11 is 0. The second kappa shape index (κ2) is 5.16. The zero-order valence-electron chi connectivity index (χ0n) is 11.4. The molecule has 2 aromatic heterocycles. The van der Waals surface area contributed by atoms with E-state index in [-0.39, 0.29) is 5.78 Å². The summed E-state index contributed by atoms with van der Waals surface area (Å²) in [7, 11) is 0. The average Bonchev–Trinajstić information content (AvgIpc) is 2.77. The van der Waals surface area contributed by atoms with Crippen LogP contribution in [0.4, 0.5) is 0 Å². The van der Waals surface area contributed by atoms with Gasteiger partial charge in [0.2, 0.25) is 0 Å². The fourth-order valence-electron chi connectivity index (χ4n) is 3.07. The molecule has 1 aliphatic rings. The molecule has 0 aliphatic heterocycles. The molecule has 0 spiro atoms. The van der Waals surface area contributed by atoms with E-state index in [1.54, 1.807) is 0 Å². The number of rotatable bonds is 4. The summed E-state index contributed by atoms with van der Waals surface area (Å²) < 4.78 is 1.94. The second-order valence-corrected chi connectivity index (χ2v) is 5.53. The summed E-state index contributed by atoms with van der Waals surface area (Å²) in [5.41, 5.74) is 2.72. The molecule has 100 valence electrons. The number of fused-ring (bicyclic) bond motifs is 3. The number of pyridine rings is 1. The SMILES string of the molecule is CCCCCC1CC(=O)c2c(nc3ccccn23)C1. The molecule has 1 aliphatic carbocycles. The Labute approximate surface area is 113 Å². The Hall–Kier alpha value is -1.64. The molecule has 0 radical (unpaired) electrons. The normalized spacial score (nSPS) is 18.8. The topological polar surface area (TPSA) is 34.4 Å². The predicted octanol–water partition coefficient (Wildman–Crippen LogP) is 3.66. The van der Waals surface area contributed by atoms with E-state index >= 15 is 0 Å². The fraction of sp³-hybridized carbons (Fsp3) is 0.500. The van der Waals surface area contributed by atoms with Gasteiger partial charge in [-0.1, -0.05) is 32.3 Å². The van der Waals surface area contributed by atoms with Crippen LogP contribution < -0.4 is 0 Å². The van der Waals surface area contributed by atoms with E-state index in [4.69, 9.17) is 0 Å². The fourth-order valence-corrected chi connectivity index (χ4v) is 3.07. The third-order valence-corrected chi connectivity index (χ3v) is 4.04. The van der Waals surface area contributed by atoms with Crippen LogP contribution in [0.5, 0.6) is 0 Å². The van der Waals surface area contributed by atoms with Crippen LogP contribution in [0.15, 0.2) is 24.4 Å². The maximum absolute atomic E-state index is 12.3. The lowest BCUT2D eigenvalue weighted by Gasteiger charge is -2.20. The highest BCUT2D eigenvalue weighted by atomic mass is 16.1. The lowest BCUT2D eigenvalue weighted by atomic mass is 9.85. The van der Waals surface area contributed by atoms with Crippen molar-refractivity contribution in [3.05, 3.63) is 35.8 Å². The molecular formula is C16H20N2O. The highest BCUT2D eigenvalue weighted by Crippen LogP contribution is 2.29. The first kappa shape index (κ1) is 12.4. The molecule has 2 aromatic rings. The van der Waals surface area contributed by atoms with Gasteiger partial charge in [-0.05, 0) is 30.9 Å². The number of imidazole rings is 1. The zero-order valence-corrected chi connectivity index (χ0v) is 11.4. The van der Waals surface area contributed by atoms with Crippen molar-refractivity contribution in [2.45, 2.75) is 45.4 Å². The molecule has 0 aromatic carbocycles. The van der Waals surface area contributed by atoms with Crippen LogP contribution in [0, 0.1) is 5.92 Å². The monoisotopic (exact) mass is 256 g/mol. The van der Waals surface area contributed by atoms with Crippen molar-refractivity contribution in [1.29, 1.82) is 0 Å². The minimum atomic E-state index is 0.265. The van der Waals surface area contributed by atoms with Crippen LogP contribution in [-0.2, 0) is 6.42 Å². The third kappa shape index (κ3) is 2.29. The Morgan fingerprint density at radius 3 is 3.05 bits per heavy atom. The lowest BCUT2D eigenvalue weighted by Crippen LogP contribution is -2.21. The van der Waals surface area contributed by atoms with Gasteiger partial charge in [-0.2, -0.15) is 0 Å². The Morgan fingerprint density at radius 2 is 2.21 bits per heavy atom. The smallest absolute Gasteiger partial charge is 0.181 e. The Morgan fingerprint density at radius 1 is 1.32 bits per heavy atom. The van der Waals surface area contributed by atoms with E-state index in [2.05, 4.69) is 11.9 Å². The standard InChI is InChI=1S/C16H20N2O/c1-2-3-4-7-12-10-13-16(14(19)11-12)18-9-6-5-8-15(18)17-13/h5-6,8-9,12H,2-4,7,10-11H2,1H3. The van der Waals surface area contributed by atoms with Crippen molar-refractivity contribution in [3.63, 3.8) is 0 Å². The molecular weight excluding hydrogens is 236 g/mol. The van der Waals surface area contributed by atoms with Crippen LogP contribution in [0.3, 0.4) is 0 Å². The van der Waals surface area contributed by atoms with Crippen molar-refractivity contribution in [1.82, 2.24) is 9.38 Å². The first-order valence-corrected chi connectivity index (χ1v) is 7.28. The van der Waals surface area contributed by atoms with Gasteiger partial charge in [0.05, 0.1) is 5.69 Å². The molecule has 3 rings (SSSR count). The Balaban J connectivity index is 1.86. The van der Waals surface area contributed by atoms with Gasteiger partial charge in [0, 0.05) is 12.6 Å². The van der Waals surface area contributed by atoms with Crippen molar-refractivity contribution >= 4 is 11.4 Å². The lowest BCUT2D eigenvalue weighted by molar-refractivity contribution is 0.0938. The molecule has 19 heavy (non-hydrogen) atoms. The number of Topliss-reactive ketones (excluding diaryl/α,β-unsaturated/α-hetero) is 1. The molecule has 0 saturated heterocycles. The van der Waals surface area contributed by atoms with Gasteiger partial charge >= 0.3 is 0 Å². The maximum atomic E-state index is 12.3. The van der Waals surface area contributed by atoms with E-state index in [1.165, 1.54) is 19.3 Å². The van der Waals surface area contributed by atoms with E-state index in [1.807, 2.05) is 28.8 Å². The molecule has 1 atom stereocenters. The summed E-state index contributed by atoms with van der Waals surface area (Å²) in [6, 6.07) is 5.89. The first-order chi connectivity index (χ1) is 9.29. The average molecular weight is 256 g/mol. The number of carbonyl (C=O) groups is 1. The van der Waals surface area contributed by atoms with Gasteiger partial charge in [-0.3, -0.25) is 9.20 Å². The van der Waals surface area contributed by atoms with Gasteiger partial charge in [0.1, 0.15) is 11.3 Å². The van der Waals surface area contributed by atoms with Crippen LogP contribution >= 0.6 is 0 Å². The maximum Gasteiger partial charge on any atom is 0.181 e. The van der Waals surface area contributed by atoms with Gasteiger partial charge < -0.3 is 0 Å². The summed E-state index contributed by atoms with van der Waals surface area (Å²) in [4.78, 5) is 17.0. The third-order valence-electron chi connectivity index (χ3n) is 4.04. The van der Waals surface area contributed by atoms with Gasteiger partial charge in [0.25, 0.3) is 0 Å². The Kier molecular flexibility index (Phi) is 3.36. The summed E-state index contributed by atoms with van der Waals surface area (Å²) in [6.45, 7) is 2.21. The number of ketones is 1. The molecule has 0 bridgehead atoms. The van der Waals surface area contributed by atoms with E-state index in [9.17, 15) is 4.79 Å². The zero-order chi connectivity index (χ0) is 13.2. The van der Waals surface area contributed by atoms with Crippen LogP contribution in [-0.4, -0.2) is 15.2 Å². The molecule has 0 saturated carbocycles. The minimum Gasteiger partial charge on any atom is -0.297 e. The van der Waals surface area contributed by atoms with E-state index < -0.39 is 0 Å². The molecule has 0 N–H and O–H groups in total. The van der Waals surface area contributed by atoms with Crippen molar-refractivity contribution in [3.8, 4) is 0 Å². The van der Waals surface area contributed by atoms with Crippen molar-refractivity contribution in [2.75, 3.05) is 0 Å². The largest absolute Gasteiger partial charge is 0.297 e. The number of carbonyl (C=O) groups excluding carboxylic acids is 1. The molecule has 0 fully saturated rings. The molecule has 3 nitrogen and oxygen atoms in total. The van der Waals surface area contributed by atoms with Crippen molar-refractivity contribution < 1.29 is 4.79 Å². The minimum absolute atomic E-state index is 0.265. The van der Waals surface area contributed by atoms with Gasteiger partial charge in [-0.25, -0.2) is 4.98 Å². The van der Waals surface area contributed by atoms with Crippen LogP contribution in [0.2, 0.25) is 0 Å². The number of hydrogen-bond donors (Lipinski definition) is 0. The molecule has 2 heterocycles. The van der Waals surface area contributed by atoms with Gasteiger partial charge in [-0.15, -0.1) is 0 Å². The second-order valence-electron chi connectivity index (χ2n) is 5.53. The van der Waals surface area contributed by atoms with Crippen LogP contribution in [0.25, 0.3) is 5.65 Å². The van der Waals surface area contributed by atoms with Gasteiger partial charge in [0.15, 0.2) is 5.78 Å². The van der Waals surface area contributed by atoms with E-state index in [0.29, 0.717) is 12.3 Å². The first-order valence-electron chi connectivity index (χ1n) is 7.28. The quantitative estimate of drug-likeness (QED) is 0.782. The number of hydrogen-bond acceptors (Lipinski definition) is 2. The summed E-state index contributed by atoms with van der Waals surface area (Å²) in [5, 5.41) is 0. The molecule has 0 amide bonds. The number of aromatic nitrogens is 2. The highest BCUT2D eigenvalue weighted by Gasteiger charge is 2.28. The van der Waals surface area contributed by atoms with Crippen LogP contribution in [0.1, 0.15) is 55.2 Å². The summed E-state index contributed by atoms with van der Waals surface area (Å²) in [5.74, 6) is 0.762. The summed E-state index contributed by atoms with van der Waals surface area (Å²) in [6.07, 6.45) is 8.50. The van der Waals surface area contributed by atoms with Crippen molar-refractivity contribution in [2.24, 2.45) is 5.92 Å².